The molecule has 1 saturated carbocycles. The molecule has 2 heteroatoms. The van der Waals surface area contributed by atoms with Gasteiger partial charge < -0.3 is 4.90 Å². The smallest absolute Gasteiger partial charge is 0.160 e. The molecule has 1 heterocycles. The average Bonchev–Trinajstić information content (AvgIpc) is 2.45. The van der Waals surface area contributed by atoms with Crippen LogP contribution in [0.25, 0.3) is 0 Å². The van der Waals surface area contributed by atoms with Crippen molar-refractivity contribution in [3.63, 3.8) is 0 Å². The van der Waals surface area contributed by atoms with Gasteiger partial charge in [-0.3, -0.25) is 4.79 Å². The molecule has 0 radical (unpaired) electrons. The minimum Gasteiger partial charge on any atom is -0.372 e. The number of hydrogen-bond donors (Lipinski definition) is 0. The number of rotatable bonds is 4. The highest BCUT2D eigenvalue weighted by molar-refractivity contribution is 5.96. The maximum Gasteiger partial charge on any atom is 0.160 e. The summed E-state index contributed by atoms with van der Waals surface area (Å²) in [6.07, 6.45) is 9.17. The molecule has 0 N–H and O–H groups in total. The monoisotopic (exact) mass is 319 g/mol. The molecule has 0 aromatic rings. The van der Waals surface area contributed by atoms with E-state index in [0.29, 0.717) is 17.6 Å². The predicted molar refractivity (Wildman–Crippen MR) is 98.3 cm³/mol. The zero-order valence-electron chi connectivity index (χ0n) is 16.5. The van der Waals surface area contributed by atoms with Gasteiger partial charge in [0.1, 0.15) is 0 Å². The van der Waals surface area contributed by atoms with Crippen molar-refractivity contribution in [2.45, 2.75) is 92.5 Å². The van der Waals surface area contributed by atoms with Crippen LogP contribution in [0.3, 0.4) is 0 Å². The van der Waals surface area contributed by atoms with Gasteiger partial charge in [-0.2, -0.15) is 0 Å². The highest BCUT2D eigenvalue weighted by Gasteiger charge is 2.42. The topological polar surface area (TPSA) is 20.3 Å². The molecule has 0 aromatic heterocycles. The van der Waals surface area contributed by atoms with Crippen LogP contribution in [0.15, 0.2) is 11.8 Å². The third kappa shape index (κ3) is 3.83. The molecule has 1 aliphatic carbocycles. The molecule has 2 rings (SSSR count). The minimum atomic E-state index is 0.0221. The van der Waals surface area contributed by atoms with E-state index >= 15 is 0 Å². The zero-order valence-corrected chi connectivity index (χ0v) is 16.5. The van der Waals surface area contributed by atoms with Gasteiger partial charge in [0.15, 0.2) is 5.78 Å². The second-order valence-corrected chi connectivity index (χ2v) is 9.74. The molecule has 0 atom stereocenters. The molecule has 1 fully saturated rings. The molecule has 0 amide bonds. The van der Waals surface area contributed by atoms with Crippen LogP contribution < -0.4 is 0 Å². The second kappa shape index (κ2) is 6.26. The summed E-state index contributed by atoms with van der Waals surface area (Å²) >= 11 is 0. The van der Waals surface area contributed by atoms with E-state index in [-0.39, 0.29) is 11.0 Å². The van der Waals surface area contributed by atoms with Crippen LogP contribution in [0.2, 0.25) is 0 Å². The van der Waals surface area contributed by atoms with Crippen LogP contribution >= 0.6 is 0 Å². The summed E-state index contributed by atoms with van der Waals surface area (Å²) in [6, 6.07) is 0. The molecule has 132 valence electrons. The van der Waals surface area contributed by atoms with Crippen LogP contribution in [-0.2, 0) is 4.79 Å². The number of nitrogens with zero attached hydrogens (tertiary/aromatic N) is 1. The summed E-state index contributed by atoms with van der Waals surface area (Å²) in [4.78, 5) is 14.9. The fraction of sp³-hybridized carbons (Fsp3) is 0.857. The Bertz CT molecular complexity index is 474. The van der Waals surface area contributed by atoms with Gasteiger partial charge in [-0.1, -0.05) is 34.6 Å². The Morgan fingerprint density at radius 2 is 1.74 bits per heavy atom. The van der Waals surface area contributed by atoms with Crippen molar-refractivity contribution in [1.29, 1.82) is 0 Å². The molecular formula is C21H37NO. The number of carbonyl (C=O) groups is 1. The number of ketones is 1. The standard InChI is InChI=1S/C21H37NO/c1-8-18(23)17-15-22(14-13-20(17,4)5)21(6,7)16-9-11-19(2,3)12-10-16/h15-16H,8-14H2,1-7H3. The number of allylic oxidation sites excluding steroid dienone is 1. The average molecular weight is 320 g/mol. The molecule has 0 aromatic carbocycles. The summed E-state index contributed by atoms with van der Waals surface area (Å²) in [7, 11) is 0. The second-order valence-electron chi connectivity index (χ2n) is 9.74. The third-order valence-corrected chi connectivity index (χ3v) is 6.69. The summed E-state index contributed by atoms with van der Waals surface area (Å²) in [5.74, 6) is 1.05. The summed E-state index contributed by atoms with van der Waals surface area (Å²) in [5, 5.41) is 0. The molecule has 2 nitrogen and oxygen atoms in total. The van der Waals surface area contributed by atoms with Gasteiger partial charge in [-0.25, -0.2) is 0 Å². The number of carbonyl (C=O) groups excluding carboxylic acids is 1. The van der Waals surface area contributed by atoms with Crippen LogP contribution in [0.1, 0.15) is 87.0 Å². The predicted octanol–water partition coefficient (Wildman–Crippen LogP) is 5.58. The fourth-order valence-electron chi connectivity index (χ4n) is 4.36. The van der Waals surface area contributed by atoms with Gasteiger partial charge in [-0.05, 0) is 62.7 Å². The molecule has 2 aliphatic rings. The highest BCUT2D eigenvalue weighted by Crippen LogP contribution is 2.46. The Balaban J connectivity index is 2.21. The van der Waals surface area contributed by atoms with Crippen molar-refractivity contribution < 1.29 is 4.79 Å². The minimum absolute atomic E-state index is 0.0221. The first-order chi connectivity index (χ1) is 10.5. The van der Waals surface area contributed by atoms with Crippen molar-refractivity contribution in [2.24, 2.45) is 16.7 Å². The molecule has 0 unspecified atom stereocenters. The first-order valence-corrected chi connectivity index (χ1v) is 9.52. The van der Waals surface area contributed by atoms with Crippen molar-refractivity contribution in [2.75, 3.05) is 6.54 Å². The van der Waals surface area contributed by atoms with Gasteiger partial charge in [0, 0.05) is 30.3 Å². The Labute approximate surface area is 143 Å². The lowest BCUT2D eigenvalue weighted by Crippen LogP contribution is -2.51. The van der Waals surface area contributed by atoms with Gasteiger partial charge in [-0.15, -0.1) is 0 Å². The number of Topliss-reactive ketones (excluding diaryl/α,β-unsaturated/α-hetero) is 1. The van der Waals surface area contributed by atoms with Crippen molar-refractivity contribution in [3.05, 3.63) is 11.8 Å². The zero-order chi connectivity index (χ0) is 17.5. The highest BCUT2D eigenvalue weighted by atomic mass is 16.1. The maximum absolute atomic E-state index is 12.4. The van der Waals surface area contributed by atoms with E-state index in [4.69, 9.17) is 0 Å². The van der Waals surface area contributed by atoms with E-state index in [1.807, 2.05) is 6.92 Å². The Morgan fingerprint density at radius 3 is 2.26 bits per heavy atom. The van der Waals surface area contributed by atoms with Gasteiger partial charge in [0.05, 0.1) is 0 Å². The first kappa shape index (κ1) is 18.5. The quantitative estimate of drug-likeness (QED) is 0.674. The van der Waals surface area contributed by atoms with Crippen LogP contribution in [0, 0.1) is 16.7 Å². The van der Waals surface area contributed by atoms with Crippen LogP contribution in [-0.4, -0.2) is 22.8 Å². The van der Waals surface area contributed by atoms with Crippen molar-refractivity contribution in [1.82, 2.24) is 4.90 Å². The SMILES string of the molecule is CCC(=O)C1=CN(C(C)(C)C2CCC(C)(C)CC2)CCC1(C)C. The maximum atomic E-state index is 12.4. The van der Waals surface area contributed by atoms with Gasteiger partial charge >= 0.3 is 0 Å². The van der Waals surface area contributed by atoms with Crippen LogP contribution in [0.4, 0.5) is 0 Å². The van der Waals surface area contributed by atoms with E-state index in [1.54, 1.807) is 0 Å². The largest absolute Gasteiger partial charge is 0.372 e. The molecule has 0 saturated heterocycles. The van der Waals surface area contributed by atoms with E-state index in [0.717, 1.165) is 24.5 Å². The third-order valence-electron chi connectivity index (χ3n) is 6.69. The van der Waals surface area contributed by atoms with Crippen LogP contribution in [0.5, 0.6) is 0 Å². The van der Waals surface area contributed by atoms with E-state index in [2.05, 4.69) is 52.6 Å². The van der Waals surface area contributed by atoms with Crippen molar-refractivity contribution >= 4 is 5.78 Å². The van der Waals surface area contributed by atoms with E-state index < -0.39 is 0 Å². The Morgan fingerprint density at radius 1 is 1.17 bits per heavy atom. The summed E-state index contributed by atoms with van der Waals surface area (Å²) in [6.45, 7) is 17.1. The van der Waals surface area contributed by atoms with Crippen molar-refractivity contribution in [3.8, 4) is 0 Å². The van der Waals surface area contributed by atoms with Gasteiger partial charge in [0.25, 0.3) is 0 Å². The fourth-order valence-corrected chi connectivity index (χ4v) is 4.36. The number of hydrogen-bond acceptors (Lipinski definition) is 2. The molecule has 0 spiro atoms. The summed E-state index contributed by atoms with van der Waals surface area (Å²) < 4.78 is 0. The summed E-state index contributed by atoms with van der Waals surface area (Å²) in [5.41, 5.74) is 1.71. The molecular weight excluding hydrogens is 282 g/mol. The normalized spacial score (nSPS) is 25.2. The first-order valence-electron chi connectivity index (χ1n) is 9.52. The Hall–Kier alpha value is -0.790. The van der Waals surface area contributed by atoms with E-state index in [1.165, 1.54) is 25.7 Å². The van der Waals surface area contributed by atoms with Gasteiger partial charge in [0.2, 0.25) is 0 Å². The molecule has 1 aliphatic heterocycles. The molecule has 0 bridgehead atoms. The molecule has 23 heavy (non-hydrogen) atoms. The lowest BCUT2D eigenvalue weighted by Gasteiger charge is -2.51. The Kier molecular flexibility index (Phi) is 5.05. The van der Waals surface area contributed by atoms with E-state index in [9.17, 15) is 4.79 Å². The lowest BCUT2D eigenvalue weighted by atomic mass is 9.66. The lowest BCUT2D eigenvalue weighted by molar-refractivity contribution is -0.116.